The first-order chi connectivity index (χ1) is 12.9. The fourth-order valence-corrected chi connectivity index (χ4v) is 2.76. The molecule has 1 aromatic heterocycles. The van der Waals surface area contributed by atoms with E-state index in [-0.39, 0.29) is 5.69 Å². The number of nitrogens with zero attached hydrogens (tertiary/aromatic N) is 2. The second-order valence-electron chi connectivity index (χ2n) is 5.61. The molecule has 0 aliphatic rings. The van der Waals surface area contributed by atoms with E-state index in [9.17, 15) is 14.9 Å². The zero-order valence-corrected chi connectivity index (χ0v) is 15.8. The minimum Gasteiger partial charge on any atom is -0.439 e. The van der Waals surface area contributed by atoms with Gasteiger partial charge in [-0.25, -0.2) is 4.98 Å². The highest BCUT2D eigenvalue weighted by atomic mass is 79.9. The van der Waals surface area contributed by atoms with Crippen molar-refractivity contribution in [2.75, 3.05) is 5.32 Å². The van der Waals surface area contributed by atoms with E-state index < -0.39 is 10.8 Å². The van der Waals surface area contributed by atoms with Crippen molar-refractivity contribution in [2.45, 2.75) is 6.92 Å². The lowest BCUT2D eigenvalue weighted by atomic mass is 10.1. The standard InChI is InChI=1S/C19H14BrN3O4/c1-12-16(6-3-7-17(12)23(25)26)22-19(24)13-8-9-18(21-11-13)27-15-5-2-4-14(20)10-15/h2-11H,1H3,(H,22,24). The van der Waals surface area contributed by atoms with Gasteiger partial charge in [-0.3, -0.25) is 14.9 Å². The molecular weight excluding hydrogens is 414 g/mol. The van der Waals surface area contributed by atoms with Crippen LogP contribution < -0.4 is 10.1 Å². The Balaban J connectivity index is 1.73. The number of rotatable bonds is 5. The topological polar surface area (TPSA) is 94.4 Å². The molecule has 0 atom stereocenters. The summed E-state index contributed by atoms with van der Waals surface area (Å²) in [5.41, 5.74) is 1.02. The highest BCUT2D eigenvalue weighted by molar-refractivity contribution is 9.10. The minimum atomic E-state index is -0.486. The number of pyridine rings is 1. The maximum atomic E-state index is 12.4. The first-order valence-electron chi connectivity index (χ1n) is 7.89. The van der Waals surface area contributed by atoms with Gasteiger partial charge < -0.3 is 10.1 Å². The summed E-state index contributed by atoms with van der Waals surface area (Å²) < 4.78 is 6.50. The molecule has 0 saturated carbocycles. The van der Waals surface area contributed by atoms with Gasteiger partial charge in [0.25, 0.3) is 11.6 Å². The fourth-order valence-electron chi connectivity index (χ4n) is 2.38. The lowest BCUT2D eigenvalue weighted by Gasteiger charge is -2.09. The van der Waals surface area contributed by atoms with Crippen LogP contribution in [0.4, 0.5) is 11.4 Å². The normalized spacial score (nSPS) is 10.3. The summed E-state index contributed by atoms with van der Waals surface area (Å²) in [5, 5.41) is 13.7. The Bertz CT molecular complexity index is 1010. The summed E-state index contributed by atoms with van der Waals surface area (Å²) in [4.78, 5) is 27.0. The Kier molecular flexibility index (Phi) is 5.46. The Morgan fingerprint density at radius 3 is 2.63 bits per heavy atom. The van der Waals surface area contributed by atoms with Crippen molar-refractivity contribution < 1.29 is 14.5 Å². The highest BCUT2D eigenvalue weighted by Crippen LogP contribution is 2.26. The largest absolute Gasteiger partial charge is 0.439 e. The first kappa shape index (κ1) is 18.5. The molecule has 7 nitrogen and oxygen atoms in total. The van der Waals surface area contributed by atoms with Crippen LogP contribution in [-0.2, 0) is 0 Å². The van der Waals surface area contributed by atoms with Gasteiger partial charge in [-0.2, -0.15) is 0 Å². The predicted molar refractivity (Wildman–Crippen MR) is 104 cm³/mol. The van der Waals surface area contributed by atoms with E-state index in [1.165, 1.54) is 18.3 Å². The van der Waals surface area contributed by atoms with Crippen LogP contribution in [0, 0.1) is 17.0 Å². The van der Waals surface area contributed by atoms with Crippen molar-refractivity contribution in [2.24, 2.45) is 0 Å². The van der Waals surface area contributed by atoms with Crippen LogP contribution in [0.25, 0.3) is 0 Å². The molecule has 1 N–H and O–H groups in total. The Morgan fingerprint density at radius 2 is 1.96 bits per heavy atom. The van der Waals surface area contributed by atoms with Gasteiger partial charge >= 0.3 is 0 Å². The summed E-state index contributed by atoms with van der Waals surface area (Å²) in [6.07, 6.45) is 1.38. The van der Waals surface area contributed by atoms with Crippen LogP contribution in [0.3, 0.4) is 0 Å². The number of nitrogens with one attached hydrogen (secondary N) is 1. The Labute approximate surface area is 163 Å². The zero-order valence-electron chi connectivity index (χ0n) is 14.2. The number of benzene rings is 2. The summed E-state index contributed by atoms with van der Waals surface area (Å²) in [7, 11) is 0. The summed E-state index contributed by atoms with van der Waals surface area (Å²) in [5.74, 6) is 0.539. The number of nitro groups is 1. The lowest BCUT2D eigenvalue weighted by Crippen LogP contribution is -2.13. The number of hydrogen-bond donors (Lipinski definition) is 1. The van der Waals surface area contributed by atoms with E-state index in [1.807, 2.05) is 12.1 Å². The summed E-state index contributed by atoms with van der Waals surface area (Å²) in [6.45, 7) is 1.58. The molecule has 0 fully saturated rings. The molecule has 1 amide bonds. The molecule has 0 unspecified atom stereocenters. The molecular formula is C19H14BrN3O4. The molecule has 0 radical (unpaired) electrons. The molecule has 1 heterocycles. The number of carbonyl (C=O) groups excluding carboxylic acids is 1. The number of ether oxygens (including phenoxy) is 1. The van der Waals surface area contributed by atoms with Gasteiger partial charge in [-0.05, 0) is 37.3 Å². The quantitative estimate of drug-likeness (QED) is 0.451. The summed E-state index contributed by atoms with van der Waals surface area (Å²) >= 11 is 3.36. The van der Waals surface area contributed by atoms with Crippen molar-refractivity contribution in [3.63, 3.8) is 0 Å². The van der Waals surface area contributed by atoms with Crippen molar-refractivity contribution in [3.8, 4) is 11.6 Å². The van der Waals surface area contributed by atoms with E-state index in [0.717, 1.165) is 4.47 Å². The van der Waals surface area contributed by atoms with Crippen molar-refractivity contribution >= 4 is 33.2 Å². The third kappa shape index (κ3) is 4.48. The van der Waals surface area contributed by atoms with Crippen molar-refractivity contribution in [1.82, 2.24) is 4.98 Å². The van der Waals surface area contributed by atoms with Gasteiger partial charge in [-0.15, -0.1) is 0 Å². The SMILES string of the molecule is Cc1c(NC(=O)c2ccc(Oc3cccc(Br)c3)nc2)cccc1[N+](=O)[O-]. The maximum absolute atomic E-state index is 12.4. The van der Waals surface area contributed by atoms with E-state index in [4.69, 9.17) is 4.74 Å². The average molecular weight is 428 g/mol. The Hall–Kier alpha value is -3.26. The van der Waals surface area contributed by atoms with Gasteiger partial charge in [0.2, 0.25) is 5.88 Å². The van der Waals surface area contributed by atoms with Crippen LogP contribution in [-0.4, -0.2) is 15.8 Å². The van der Waals surface area contributed by atoms with Gasteiger partial charge in [0.15, 0.2) is 0 Å². The predicted octanol–water partition coefficient (Wildman–Crippen LogP) is 5.11. The first-order valence-corrected chi connectivity index (χ1v) is 8.68. The lowest BCUT2D eigenvalue weighted by molar-refractivity contribution is -0.385. The molecule has 136 valence electrons. The van der Waals surface area contributed by atoms with Crippen LogP contribution in [0.1, 0.15) is 15.9 Å². The van der Waals surface area contributed by atoms with Crippen LogP contribution in [0.15, 0.2) is 65.3 Å². The molecule has 3 aromatic rings. The Morgan fingerprint density at radius 1 is 1.19 bits per heavy atom. The third-order valence-electron chi connectivity index (χ3n) is 3.77. The van der Waals surface area contributed by atoms with Crippen LogP contribution >= 0.6 is 15.9 Å². The van der Waals surface area contributed by atoms with E-state index in [1.54, 1.807) is 37.3 Å². The monoisotopic (exact) mass is 427 g/mol. The van der Waals surface area contributed by atoms with Crippen molar-refractivity contribution in [3.05, 3.63) is 86.5 Å². The van der Waals surface area contributed by atoms with Crippen LogP contribution in [0.2, 0.25) is 0 Å². The smallest absolute Gasteiger partial charge is 0.274 e. The number of halogens is 1. The number of amides is 1. The van der Waals surface area contributed by atoms with Gasteiger partial charge in [0.05, 0.1) is 21.7 Å². The third-order valence-corrected chi connectivity index (χ3v) is 4.26. The molecule has 8 heteroatoms. The molecule has 0 spiro atoms. The molecule has 0 aliphatic heterocycles. The van der Waals surface area contributed by atoms with Crippen molar-refractivity contribution in [1.29, 1.82) is 0 Å². The summed E-state index contributed by atoms with van der Waals surface area (Å²) in [6, 6.07) is 15.0. The number of anilines is 1. The highest BCUT2D eigenvalue weighted by Gasteiger charge is 2.15. The number of hydrogen-bond acceptors (Lipinski definition) is 5. The second-order valence-corrected chi connectivity index (χ2v) is 6.52. The molecule has 3 rings (SSSR count). The van der Waals surface area contributed by atoms with E-state index >= 15 is 0 Å². The molecule has 0 bridgehead atoms. The van der Waals surface area contributed by atoms with E-state index in [2.05, 4.69) is 26.2 Å². The number of carbonyl (C=O) groups is 1. The van der Waals surface area contributed by atoms with Crippen LogP contribution in [0.5, 0.6) is 11.6 Å². The minimum absolute atomic E-state index is 0.0521. The van der Waals surface area contributed by atoms with Gasteiger partial charge in [0, 0.05) is 22.8 Å². The number of aromatic nitrogens is 1. The average Bonchev–Trinajstić information content (AvgIpc) is 2.64. The van der Waals surface area contributed by atoms with Gasteiger partial charge in [0.1, 0.15) is 5.75 Å². The molecule has 0 aliphatic carbocycles. The maximum Gasteiger partial charge on any atom is 0.274 e. The fraction of sp³-hybridized carbons (Fsp3) is 0.0526. The molecule has 0 saturated heterocycles. The second kappa shape index (κ2) is 7.96. The molecule has 2 aromatic carbocycles. The van der Waals surface area contributed by atoms with Gasteiger partial charge in [-0.1, -0.05) is 28.1 Å². The number of nitro benzene ring substituents is 1. The van der Waals surface area contributed by atoms with E-state index in [0.29, 0.717) is 28.4 Å². The zero-order chi connectivity index (χ0) is 19.4. The molecule has 27 heavy (non-hydrogen) atoms.